The van der Waals surface area contributed by atoms with Crippen LogP contribution in [0.3, 0.4) is 0 Å². The number of aliphatic imine (C=N–C) groups is 1. The quantitative estimate of drug-likeness (QED) is 0.456. The van der Waals surface area contributed by atoms with E-state index in [0.717, 1.165) is 43.1 Å². The summed E-state index contributed by atoms with van der Waals surface area (Å²) in [6.07, 6.45) is 10.0. The molecule has 1 fully saturated rings. The third-order valence-electron chi connectivity index (χ3n) is 4.48. The molecule has 1 aliphatic carbocycles. The summed E-state index contributed by atoms with van der Waals surface area (Å²) in [5, 5.41) is 7.82. The molecule has 0 aliphatic heterocycles. The van der Waals surface area contributed by atoms with Crippen molar-refractivity contribution < 1.29 is 0 Å². The zero-order valence-electron chi connectivity index (χ0n) is 14.8. The third kappa shape index (κ3) is 6.47. The second kappa shape index (κ2) is 9.88. The molecule has 0 unspecified atom stereocenters. The Kier molecular flexibility index (Phi) is 7.82. The minimum atomic E-state index is 0.736. The highest BCUT2D eigenvalue weighted by Gasteiger charge is 2.17. The van der Waals surface area contributed by atoms with Crippen LogP contribution in [0.5, 0.6) is 0 Å². The first-order valence-electron chi connectivity index (χ1n) is 8.75. The van der Waals surface area contributed by atoms with Gasteiger partial charge in [0.05, 0.1) is 6.54 Å². The average Bonchev–Trinajstić information content (AvgIpc) is 3.00. The Balaban J connectivity index is 1.59. The molecule has 0 spiro atoms. The number of aryl methyl sites for hydroxylation is 1. The Labute approximate surface area is 144 Å². The van der Waals surface area contributed by atoms with Gasteiger partial charge in [-0.05, 0) is 39.8 Å². The van der Waals surface area contributed by atoms with Gasteiger partial charge in [0.1, 0.15) is 5.01 Å². The SMILES string of the molecule is CN=C(NCCCN(C)C1CCCCC1)NCc1ncc(C)s1. The largest absolute Gasteiger partial charge is 0.356 e. The van der Waals surface area contributed by atoms with E-state index in [1.807, 2.05) is 13.2 Å². The smallest absolute Gasteiger partial charge is 0.191 e. The highest BCUT2D eigenvalue weighted by atomic mass is 32.1. The van der Waals surface area contributed by atoms with Crippen molar-refractivity contribution in [2.45, 2.75) is 58.0 Å². The van der Waals surface area contributed by atoms with E-state index in [1.165, 1.54) is 37.0 Å². The summed E-state index contributed by atoms with van der Waals surface area (Å²) >= 11 is 1.73. The number of aromatic nitrogens is 1. The van der Waals surface area contributed by atoms with E-state index in [2.05, 4.69) is 39.5 Å². The van der Waals surface area contributed by atoms with Crippen LogP contribution in [0.2, 0.25) is 0 Å². The Bertz CT molecular complexity index is 479. The summed E-state index contributed by atoms with van der Waals surface area (Å²) in [7, 11) is 4.09. The molecule has 6 heteroatoms. The van der Waals surface area contributed by atoms with Gasteiger partial charge in [0.15, 0.2) is 5.96 Å². The molecule has 0 saturated heterocycles. The Morgan fingerprint density at radius 2 is 2.13 bits per heavy atom. The van der Waals surface area contributed by atoms with Crippen LogP contribution in [-0.4, -0.2) is 49.1 Å². The minimum Gasteiger partial charge on any atom is -0.356 e. The van der Waals surface area contributed by atoms with Gasteiger partial charge in [0, 0.05) is 30.7 Å². The molecule has 0 amide bonds. The number of guanidine groups is 1. The Hall–Kier alpha value is -1.14. The summed E-state index contributed by atoms with van der Waals surface area (Å²) in [6.45, 7) is 4.92. The van der Waals surface area contributed by atoms with Crippen LogP contribution in [0.1, 0.15) is 48.4 Å². The summed E-state index contributed by atoms with van der Waals surface area (Å²) in [6, 6.07) is 0.800. The Morgan fingerprint density at radius 1 is 1.35 bits per heavy atom. The van der Waals surface area contributed by atoms with Crippen molar-refractivity contribution in [2.75, 3.05) is 27.2 Å². The minimum absolute atomic E-state index is 0.736. The van der Waals surface area contributed by atoms with Gasteiger partial charge in [0.2, 0.25) is 0 Å². The van der Waals surface area contributed by atoms with Gasteiger partial charge >= 0.3 is 0 Å². The molecule has 23 heavy (non-hydrogen) atoms. The predicted octanol–water partition coefficient (Wildman–Crippen LogP) is 2.77. The maximum absolute atomic E-state index is 4.36. The number of nitrogens with zero attached hydrogens (tertiary/aromatic N) is 3. The van der Waals surface area contributed by atoms with Crippen molar-refractivity contribution >= 4 is 17.3 Å². The van der Waals surface area contributed by atoms with E-state index in [0.29, 0.717) is 0 Å². The van der Waals surface area contributed by atoms with E-state index >= 15 is 0 Å². The molecule has 0 bridgehead atoms. The molecule has 130 valence electrons. The van der Waals surface area contributed by atoms with Crippen LogP contribution >= 0.6 is 11.3 Å². The fourth-order valence-corrected chi connectivity index (χ4v) is 3.83. The van der Waals surface area contributed by atoms with Crippen LogP contribution in [0.25, 0.3) is 0 Å². The summed E-state index contributed by atoms with van der Waals surface area (Å²) in [4.78, 5) is 12.4. The van der Waals surface area contributed by atoms with Gasteiger partial charge in [-0.1, -0.05) is 19.3 Å². The zero-order chi connectivity index (χ0) is 16.5. The average molecular weight is 338 g/mol. The van der Waals surface area contributed by atoms with E-state index in [4.69, 9.17) is 0 Å². The molecule has 1 saturated carbocycles. The second-order valence-corrected chi connectivity index (χ2v) is 7.66. The highest BCUT2D eigenvalue weighted by Crippen LogP contribution is 2.21. The van der Waals surface area contributed by atoms with Crippen molar-refractivity contribution in [3.8, 4) is 0 Å². The molecule has 2 N–H and O–H groups in total. The van der Waals surface area contributed by atoms with Crippen molar-refractivity contribution in [1.29, 1.82) is 0 Å². The van der Waals surface area contributed by atoms with Gasteiger partial charge in [0.25, 0.3) is 0 Å². The molecule has 0 radical (unpaired) electrons. The molecular formula is C17H31N5S. The van der Waals surface area contributed by atoms with E-state index in [-0.39, 0.29) is 0 Å². The molecule has 2 rings (SSSR count). The molecule has 1 aliphatic rings. The topological polar surface area (TPSA) is 52.6 Å². The fraction of sp³-hybridized carbons (Fsp3) is 0.765. The lowest BCUT2D eigenvalue weighted by Gasteiger charge is -2.31. The maximum Gasteiger partial charge on any atom is 0.191 e. The molecule has 1 heterocycles. The number of thiazole rings is 1. The molecule has 1 aromatic heterocycles. The van der Waals surface area contributed by atoms with Crippen LogP contribution in [-0.2, 0) is 6.54 Å². The lowest BCUT2D eigenvalue weighted by Crippen LogP contribution is -2.39. The first-order valence-corrected chi connectivity index (χ1v) is 9.56. The number of nitrogens with one attached hydrogen (secondary N) is 2. The number of rotatable bonds is 7. The van der Waals surface area contributed by atoms with Crippen LogP contribution < -0.4 is 10.6 Å². The van der Waals surface area contributed by atoms with Gasteiger partial charge < -0.3 is 15.5 Å². The normalized spacial score (nSPS) is 16.8. The maximum atomic E-state index is 4.36. The van der Waals surface area contributed by atoms with Gasteiger partial charge in [-0.2, -0.15) is 0 Å². The fourth-order valence-electron chi connectivity index (χ4n) is 3.10. The monoisotopic (exact) mass is 337 g/mol. The van der Waals surface area contributed by atoms with Crippen molar-refractivity contribution in [3.63, 3.8) is 0 Å². The number of hydrogen-bond donors (Lipinski definition) is 2. The number of hydrogen-bond acceptors (Lipinski definition) is 4. The predicted molar refractivity (Wildman–Crippen MR) is 99.2 cm³/mol. The third-order valence-corrected chi connectivity index (χ3v) is 5.39. The summed E-state index contributed by atoms with van der Waals surface area (Å²) < 4.78 is 0. The molecule has 1 aromatic rings. The zero-order valence-corrected chi connectivity index (χ0v) is 15.6. The molecule has 5 nitrogen and oxygen atoms in total. The summed E-state index contributed by atoms with van der Waals surface area (Å²) in [5.41, 5.74) is 0. The summed E-state index contributed by atoms with van der Waals surface area (Å²) in [5.74, 6) is 0.859. The van der Waals surface area contributed by atoms with E-state index in [1.54, 1.807) is 11.3 Å². The highest BCUT2D eigenvalue weighted by molar-refractivity contribution is 7.11. The Morgan fingerprint density at radius 3 is 2.78 bits per heavy atom. The van der Waals surface area contributed by atoms with Crippen molar-refractivity contribution in [2.24, 2.45) is 4.99 Å². The lowest BCUT2D eigenvalue weighted by molar-refractivity contribution is 0.190. The van der Waals surface area contributed by atoms with Gasteiger partial charge in [-0.25, -0.2) is 4.98 Å². The van der Waals surface area contributed by atoms with Crippen LogP contribution in [0.4, 0.5) is 0 Å². The lowest BCUT2D eigenvalue weighted by atomic mass is 9.94. The van der Waals surface area contributed by atoms with E-state index in [9.17, 15) is 0 Å². The van der Waals surface area contributed by atoms with Gasteiger partial charge in [-0.15, -0.1) is 11.3 Å². The first kappa shape index (κ1) is 18.2. The molecule has 0 atom stereocenters. The molecule has 0 aromatic carbocycles. The van der Waals surface area contributed by atoms with E-state index < -0.39 is 0 Å². The second-order valence-electron chi connectivity index (χ2n) is 6.34. The first-order chi connectivity index (χ1) is 11.2. The van der Waals surface area contributed by atoms with Crippen molar-refractivity contribution in [1.82, 2.24) is 20.5 Å². The van der Waals surface area contributed by atoms with Crippen molar-refractivity contribution in [3.05, 3.63) is 16.1 Å². The van der Waals surface area contributed by atoms with Gasteiger partial charge in [-0.3, -0.25) is 4.99 Å². The standard InChI is InChI=1S/C17H31N5S/c1-14-12-20-16(23-14)13-21-17(18-2)19-10-7-11-22(3)15-8-5-4-6-9-15/h12,15H,4-11,13H2,1-3H3,(H2,18,19,21). The molecular weight excluding hydrogens is 306 g/mol. The van der Waals surface area contributed by atoms with Crippen LogP contribution in [0, 0.1) is 6.92 Å². The van der Waals surface area contributed by atoms with Crippen LogP contribution in [0.15, 0.2) is 11.2 Å².